The fourth-order valence-electron chi connectivity index (χ4n) is 4.56. The molecule has 0 N–H and O–H groups in total. The Labute approximate surface area is 209 Å². The van der Waals surface area contributed by atoms with E-state index < -0.39 is 5.56 Å². The number of carbonyl (C=O) groups excluding carboxylic acids is 1. The maximum Gasteiger partial charge on any atom is 0.276 e. The molecule has 1 amide bonds. The van der Waals surface area contributed by atoms with Gasteiger partial charge >= 0.3 is 0 Å². The summed E-state index contributed by atoms with van der Waals surface area (Å²) < 4.78 is 1.51. The SMILES string of the molecule is C=CC(=O)N1CCN(c2c(C#N)c(=O)n(-c3c(C)ccnc3C(C)C)c3nc(C)c(Cl)cc23)CC1. The van der Waals surface area contributed by atoms with Crippen molar-refractivity contribution in [3.05, 3.63) is 68.9 Å². The topological polar surface area (TPSA) is 95.1 Å². The maximum absolute atomic E-state index is 14.0. The summed E-state index contributed by atoms with van der Waals surface area (Å²) >= 11 is 6.50. The molecule has 0 unspecified atom stereocenters. The Balaban J connectivity index is 2.04. The van der Waals surface area contributed by atoms with Crippen LogP contribution in [-0.4, -0.2) is 51.5 Å². The van der Waals surface area contributed by atoms with Crippen molar-refractivity contribution in [3.63, 3.8) is 0 Å². The van der Waals surface area contributed by atoms with Gasteiger partial charge in [0.2, 0.25) is 5.91 Å². The van der Waals surface area contributed by atoms with Crippen LogP contribution in [0.2, 0.25) is 5.02 Å². The van der Waals surface area contributed by atoms with Crippen molar-refractivity contribution >= 4 is 34.2 Å². The average Bonchev–Trinajstić information content (AvgIpc) is 2.84. The van der Waals surface area contributed by atoms with Crippen LogP contribution in [0.5, 0.6) is 0 Å². The highest BCUT2D eigenvalue weighted by molar-refractivity contribution is 6.32. The largest absolute Gasteiger partial charge is 0.366 e. The zero-order valence-corrected chi connectivity index (χ0v) is 21.1. The molecule has 3 aromatic heterocycles. The number of carbonyl (C=O) groups is 1. The van der Waals surface area contributed by atoms with Crippen LogP contribution in [0, 0.1) is 25.2 Å². The molecule has 0 atom stereocenters. The number of halogens is 1. The predicted molar refractivity (Wildman–Crippen MR) is 137 cm³/mol. The Morgan fingerprint density at radius 3 is 2.51 bits per heavy atom. The van der Waals surface area contributed by atoms with Gasteiger partial charge in [0.25, 0.3) is 5.56 Å². The van der Waals surface area contributed by atoms with E-state index in [1.165, 1.54) is 10.6 Å². The van der Waals surface area contributed by atoms with Gasteiger partial charge in [-0.3, -0.25) is 19.1 Å². The van der Waals surface area contributed by atoms with Crippen molar-refractivity contribution in [2.75, 3.05) is 31.1 Å². The predicted octanol–water partition coefficient (Wildman–Crippen LogP) is 3.88. The lowest BCUT2D eigenvalue weighted by Crippen LogP contribution is -2.49. The molecule has 0 radical (unpaired) electrons. The van der Waals surface area contributed by atoms with Crippen molar-refractivity contribution in [1.29, 1.82) is 5.26 Å². The van der Waals surface area contributed by atoms with E-state index in [0.717, 1.165) is 11.3 Å². The zero-order valence-electron chi connectivity index (χ0n) is 20.3. The number of nitriles is 1. The first-order valence-corrected chi connectivity index (χ1v) is 11.9. The molecule has 4 rings (SSSR count). The molecule has 0 aliphatic carbocycles. The number of hydrogen-bond donors (Lipinski definition) is 0. The van der Waals surface area contributed by atoms with E-state index in [1.54, 1.807) is 24.1 Å². The monoisotopic (exact) mass is 490 g/mol. The van der Waals surface area contributed by atoms with E-state index in [-0.39, 0.29) is 17.4 Å². The molecule has 0 spiro atoms. The lowest BCUT2D eigenvalue weighted by molar-refractivity contribution is -0.126. The van der Waals surface area contributed by atoms with E-state index in [9.17, 15) is 14.9 Å². The minimum absolute atomic E-state index is 0.0145. The van der Waals surface area contributed by atoms with Gasteiger partial charge in [-0.15, -0.1) is 0 Å². The van der Waals surface area contributed by atoms with E-state index in [2.05, 4.69) is 17.6 Å². The summed E-state index contributed by atoms with van der Waals surface area (Å²) in [6.45, 7) is 13.1. The third kappa shape index (κ3) is 4.17. The summed E-state index contributed by atoms with van der Waals surface area (Å²) in [4.78, 5) is 39.0. The standard InChI is InChI=1S/C26H27ClN6O2/c1-6-21(34)31-9-11-32(12-10-31)24-18-13-20(27)17(5)30-25(18)33(26(35)19(24)14-28)23-16(4)7-8-29-22(23)15(2)3/h6-8,13,15H,1,9-12H2,2-5H3. The molecule has 3 aromatic rings. The van der Waals surface area contributed by atoms with Crippen molar-refractivity contribution in [3.8, 4) is 11.8 Å². The average molecular weight is 491 g/mol. The molecular formula is C26H27ClN6O2. The Bertz CT molecular complexity index is 1450. The van der Waals surface area contributed by atoms with Gasteiger partial charge in [-0.1, -0.05) is 32.0 Å². The lowest BCUT2D eigenvalue weighted by Gasteiger charge is -2.36. The first-order chi connectivity index (χ1) is 16.7. The molecule has 9 heteroatoms. The quantitative estimate of drug-likeness (QED) is 0.515. The van der Waals surface area contributed by atoms with Gasteiger partial charge in [0.05, 0.1) is 27.8 Å². The number of nitrogens with zero attached hydrogens (tertiary/aromatic N) is 6. The van der Waals surface area contributed by atoms with Crippen LogP contribution in [0.25, 0.3) is 16.7 Å². The molecule has 8 nitrogen and oxygen atoms in total. The van der Waals surface area contributed by atoms with E-state index in [1.807, 2.05) is 31.7 Å². The van der Waals surface area contributed by atoms with Crippen LogP contribution in [-0.2, 0) is 4.79 Å². The van der Waals surface area contributed by atoms with Crippen LogP contribution >= 0.6 is 11.6 Å². The lowest BCUT2D eigenvalue weighted by atomic mass is 10.0. The zero-order chi connectivity index (χ0) is 25.4. The molecule has 1 saturated heterocycles. The first kappa shape index (κ1) is 24.4. The third-order valence-corrected chi connectivity index (χ3v) is 6.75. The van der Waals surface area contributed by atoms with Gasteiger partial charge < -0.3 is 9.80 Å². The van der Waals surface area contributed by atoms with E-state index >= 15 is 0 Å². The Kier molecular flexibility index (Phi) is 6.64. The van der Waals surface area contributed by atoms with Gasteiger partial charge in [-0.2, -0.15) is 5.26 Å². The Hall–Kier alpha value is -3.70. The number of rotatable bonds is 4. The van der Waals surface area contributed by atoms with Gasteiger partial charge in [0.1, 0.15) is 17.3 Å². The molecule has 35 heavy (non-hydrogen) atoms. The number of piperazine rings is 1. The summed E-state index contributed by atoms with van der Waals surface area (Å²) in [7, 11) is 0. The molecule has 0 saturated carbocycles. The first-order valence-electron chi connectivity index (χ1n) is 11.5. The summed E-state index contributed by atoms with van der Waals surface area (Å²) in [6.07, 6.45) is 3.02. The minimum Gasteiger partial charge on any atom is -0.366 e. The number of hydrogen-bond acceptors (Lipinski definition) is 6. The molecule has 4 heterocycles. The smallest absolute Gasteiger partial charge is 0.276 e. The highest BCUT2D eigenvalue weighted by atomic mass is 35.5. The number of aryl methyl sites for hydroxylation is 2. The Morgan fingerprint density at radius 1 is 1.23 bits per heavy atom. The van der Waals surface area contributed by atoms with E-state index in [0.29, 0.717) is 59.3 Å². The summed E-state index contributed by atoms with van der Waals surface area (Å²) in [6, 6.07) is 5.76. The number of fused-ring (bicyclic) bond motifs is 1. The molecule has 1 aliphatic heterocycles. The highest BCUT2D eigenvalue weighted by Crippen LogP contribution is 2.34. The Morgan fingerprint density at radius 2 is 1.91 bits per heavy atom. The number of pyridine rings is 3. The van der Waals surface area contributed by atoms with Gasteiger partial charge in [-0.25, -0.2) is 4.98 Å². The van der Waals surface area contributed by atoms with Crippen molar-refractivity contribution in [1.82, 2.24) is 19.4 Å². The molecule has 1 fully saturated rings. The highest BCUT2D eigenvalue weighted by Gasteiger charge is 2.28. The molecule has 0 aromatic carbocycles. The van der Waals surface area contributed by atoms with Crippen molar-refractivity contribution in [2.24, 2.45) is 0 Å². The summed E-state index contributed by atoms with van der Waals surface area (Å²) in [5.74, 6) is -0.0973. The second-order valence-corrected chi connectivity index (χ2v) is 9.34. The van der Waals surface area contributed by atoms with Crippen LogP contribution in [0.4, 0.5) is 5.69 Å². The molecule has 0 bridgehead atoms. The second-order valence-electron chi connectivity index (χ2n) is 8.94. The fraction of sp³-hybridized carbons (Fsp3) is 0.346. The van der Waals surface area contributed by atoms with Crippen LogP contribution < -0.4 is 10.5 Å². The number of aromatic nitrogens is 3. The fourth-order valence-corrected chi connectivity index (χ4v) is 4.71. The maximum atomic E-state index is 14.0. The molecular weight excluding hydrogens is 464 g/mol. The van der Waals surface area contributed by atoms with Crippen LogP contribution in [0.3, 0.4) is 0 Å². The van der Waals surface area contributed by atoms with Crippen LogP contribution in [0.15, 0.2) is 35.8 Å². The van der Waals surface area contributed by atoms with Gasteiger partial charge in [0, 0.05) is 37.8 Å². The number of anilines is 1. The minimum atomic E-state index is -0.452. The second kappa shape index (κ2) is 9.51. The third-order valence-electron chi connectivity index (χ3n) is 6.37. The normalized spacial score (nSPS) is 13.9. The van der Waals surface area contributed by atoms with Gasteiger partial charge in [0.15, 0.2) is 0 Å². The summed E-state index contributed by atoms with van der Waals surface area (Å²) in [5, 5.41) is 11.2. The van der Waals surface area contributed by atoms with Crippen LogP contribution in [0.1, 0.15) is 42.3 Å². The van der Waals surface area contributed by atoms with Crippen molar-refractivity contribution < 1.29 is 4.79 Å². The van der Waals surface area contributed by atoms with E-state index in [4.69, 9.17) is 16.6 Å². The van der Waals surface area contributed by atoms with Crippen molar-refractivity contribution in [2.45, 2.75) is 33.6 Å². The molecule has 1 aliphatic rings. The summed E-state index contributed by atoms with van der Waals surface area (Å²) in [5.41, 5.74) is 3.30. The van der Waals surface area contributed by atoms with Gasteiger partial charge in [-0.05, 0) is 43.5 Å². The number of amides is 1. The molecule has 180 valence electrons.